The van der Waals surface area contributed by atoms with E-state index in [-0.39, 0.29) is 5.78 Å². The van der Waals surface area contributed by atoms with Gasteiger partial charge in [0.25, 0.3) is 0 Å². The Hall–Kier alpha value is -0.640. The molecule has 0 spiro atoms. The molecule has 0 bridgehead atoms. The minimum Gasteiger partial charge on any atom is -0.291 e. The van der Waals surface area contributed by atoms with E-state index < -0.39 is 5.37 Å². The van der Waals surface area contributed by atoms with Crippen LogP contribution in [0.2, 0.25) is 0 Å². The van der Waals surface area contributed by atoms with E-state index >= 15 is 0 Å². The molecular weight excluding hydrogens is 124 g/mol. The van der Waals surface area contributed by atoms with Gasteiger partial charge in [-0.1, -0.05) is 0 Å². The first-order chi connectivity index (χ1) is 3.80. The maximum Gasteiger partial charge on any atom is 0.193 e. The lowest BCUT2D eigenvalue weighted by Crippen LogP contribution is -2.09. The van der Waals surface area contributed by atoms with Crippen molar-refractivity contribution in [3.63, 3.8) is 0 Å². The number of carbonyl (C=O) groups excluding carboxylic acids is 1. The smallest absolute Gasteiger partial charge is 0.193 e. The summed E-state index contributed by atoms with van der Waals surface area (Å²) in [5.74, 6) is -0.108. The number of thiol groups is 1. The van der Waals surface area contributed by atoms with Crippen molar-refractivity contribution in [1.82, 2.24) is 0 Å². The Kier molecular flexibility index (Phi) is 1.43. The molecule has 1 aliphatic heterocycles. The largest absolute Gasteiger partial charge is 0.291 e. The van der Waals surface area contributed by atoms with Crippen LogP contribution in [0, 0.1) is 0 Å². The van der Waals surface area contributed by atoms with Gasteiger partial charge in [-0.15, -0.1) is 12.6 Å². The molecular formula is C4H4N2OS. The molecule has 1 unspecified atom stereocenters. The first kappa shape index (κ1) is 5.50. The average Bonchev–Trinajstić information content (AvgIpc) is 1.77. The fourth-order valence-electron chi connectivity index (χ4n) is 0.351. The Labute approximate surface area is 51.9 Å². The summed E-state index contributed by atoms with van der Waals surface area (Å²) in [5, 5.41) is 6.35. The van der Waals surface area contributed by atoms with E-state index in [1.54, 1.807) is 0 Å². The van der Waals surface area contributed by atoms with E-state index in [0.717, 1.165) is 0 Å². The third kappa shape index (κ3) is 0.949. The van der Waals surface area contributed by atoms with Crippen LogP contribution in [-0.4, -0.2) is 11.2 Å². The highest BCUT2D eigenvalue weighted by atomic mass is 32.1. The fourth-order valence-corrected chi connectivity index (χ4v) is 0.497. The van der Waals surface area contributed by atoms with E-state index in [4.69, 9.17) is 0 Å². The average molecular weight is 128 g/mol. The van der Waals surface area contributed by atoms with Crippen molar-refractivity contribution in [1.29, 1.82) is 0 Å². The molecule has 0 fully saturated rings. The summed E-state index contributed by atoms with van der Waals surface area (Å²) in [6, 6.07) is 0. The van der Waals surface area contributed by atoms with E-state index in [2.05, 4.69) is 22.9 Å². The van der Waals surface area contributed by atoms with Crippen LogP contribution in [0.1, 0.15) is 0 Å². The molecule has 0 aliphatic carbocycles. The molecule has 0 radical (unpaired) electrons. The molecule has 1 atom stereocenters. The van der Waals surface area contributed by atoms with Crippen molar-refractivity contribution < 1.29 is 4.79 Å². The molecule has 3 nitrogen and oxygen atoms in total. The predicted molar refractivity (Wildman–Crippen MR) is 31.8 cm³/mol. The molecule has 0 aromatic heterocycles. The Morgan fingerprint density at radius 1 is 1.75 bits per heavy atom. The van der Waals surface area contributed by atoms with Crippen LogP contribution in [-0.2, 0) is 4.79 Å². The van der Waals surface area contributed by atoms with Crippen molar-refractivity contribution in [2.45, 2.75) is 5.37 Å². The predicted octanol–water partition coefficient (Wildman–Crippen LogP) is 0.791. The van der Waals surface area contributed by atoms with Crippen LogP contribution in [0.15, 0.2) is 22.5 Å². The lowest BCUT2D eigenvalue weighted by Gasteiger charge is -1.98. The molecule has 0 N–H and O–H groups in total. The van der Waals surface area contributed by atoms with Crippen molar-refractivity contribution in [3.05, 3.63) is 12.3 Å². The van der Waals surface area contributed by atoms with Gasteiger partial charge in [0.2, 0.25) is 0 Å². The van der Waals surface area contributed by atoms with Gasteiger partial charge < -0.3 is 0 Å². The number of hydrogen-bond acceptors (Lipinski definition) is 4. The van der Waals surface area contributed by atoms with Gasteiger partial charge in [-0.2, -0.15) is 10.2 Å². The minimum atomic E-state index is -0.569. The quantitative estimate of drug-likeness (QED) is 0.481. The summed E-state index contributed by atoms with van der Waals surface area (Å²) < 4.78 is 0. The van der Waals surface area contributed by atoms with Crippen LogP contribution in [0.4, 0.5) is 0 Å². The second-order valence-corrected chi connectivity index (χ2v) is 1.81. The van der Waals surface area contributed by atoms with Gasteiger partial charge in [-0.3, -0.25) is 4.79 Å². The van der Waals surface area contributed by atoms with Gasteiger partial charge in [0.1, 0.15) is 0 Å². The standard InChI is InChI=1S/C4H4N2OS/c7-3-1-2-5-6-4(3)8/h1-2,4,8H. The highest BCUT2D eigenvalue weighted by molar-refractivity contribution is 7.81. The lowest BCUT2D eigenvalue weighted by atomic mass is 10.4. The Morgan fingerprint density at radius 2 is 2.50 bits per heavy atom. The molecule has 42 valence electrons. The van der Waals surface area contributed by atoms with Gasteiger partial charge in [0, 0.05) is 6.08 Å². The zero-order chi connectivity index (χ0) is 5.98. The summed E-state index contributed by atoms with van der Waals surface area (Å²) in [5.41, 5.74) is 0. The first-order valence-electron chi connectivity index (χ1n) is 2.09. The molecule has 1 heterocycles. The van der Waals surface area contributed by atoms with Crippen LogP contribution >= 0.6 is 12.6 Å². The number of azo groups is 1. The lowest BCUT2D eigenvalue weighted by molar-refractivity contribution is -0.114. The van der Waals surface area contributed by atoms with Gasteiger partial charge in [0.05, 0.1) is 6.20 Å². The second kappa shape index (κ2) is 2.09. The van der Waals surface area contributed by atoms with E-state index in [1.807, 2.05) is 0 Å². The van der Waals surface area contributed by atoms with Crippen molar-refractivity contribution in [3.8, 4) is 0 Å². The second-order valence-electron chi connectivity index (χ2n) is 1.32. The summed E-state index contributed by atoms with van der Waals surface area (Å²) in [7, 11) is 0. The number of nitrogens with zero attached hydrogens (tertiary/aromatic N) is 2. The molecule has 0 saturated heterocycles. The maximum absolute atomic E-state index is 10.5. The van der Waals surface area contributed by atoms with Gasteiger partial charge in [-0.25, -0.2) is 0 Å². The fraction of sp³-hybridized carbons (Fsp3) is 0.250. The van der Waals surface area contributed by atoms with E-state index in [1.165, 1.54) is 12.3 Å². The normalized spacial score (nSPS) is 26.6. The Morgan fingerprint density at radius 3 is 2.88 bits per heavy atom. The van der Waals surface area contributed by atoms with Crippen LogP contribution in [0.25, 0.3) is 0 Å². The third-order valence-electron chi connectivity index (χ3n) is 0.736. The Bertz CT molecular complexity index is 163. The molecule has 0 saturated carbocycles. The number of hydrogen-bond donors (Lipinski definition) is 1. The topological polar surface area (TPSA) is 41.8 Å². The molecule has 0 aromatic carbocycles. The third-order valence-corrected chi connectivity index (χ3v) is 1.09. The zero-order valence-electron chi connectivity index (χ0n) is 3.98. The highest BCUT2D eigenvalue weighted by Crippen LogP contribution is 2.04. The van der Waals surface area contributed by atoms with Gasteiger partial charge in [-0.05, 0) is 0 Å². The summed E-state index contributed by atoms with van der Waals surface area (Å²) >= 11 is 3.80. The number of rotatable bonds is 0. The van der Waals surface area contributed by atoms with Crippen LogP contribution < -0.4 is 0 Å². The molecule has 4 heteroatoms. The Balaban J connectivity index is 2.74. The van der Waals surface area contributed by atoms with Crippen LogP contribution in [0.3, 0.4) is 0 Å². The SMILES string of the molecule is O=C1C=CN=NC1S. The minimum absolute atomic E-state index is 0.108. The zero-order valence-corrected chi connectivity index (χ0v) is 4.88. The van der Waals surface area contributed by atoms with Crippen molar-refractivity contribution >= 4 is 18.4 Å². The maximum atomic E-state index is 10.5. The summed E-state index contributed by atoms with van der Waals surface area (Å²) in [6.07, 6.45) is 2.71. The highest BCUT2D eigenvalue weighted by Gasteiger charge is 2.10. The van der Waals surface area contributed by atoms with Gasteiger partial charge in [0.15, 0.2) is 11.2 Å². The molecule has 8 heavy (non-hydrogen) atoms. The summed E-state index contributed by atoms with van der Waals surface area (Å²) in [6.45, 7) is 0. The molecule has 1 aliphatic rings. The van der Waals surface area contributed by atoms with Gasteiger partial charge >= 0.3 is 0 Å². The van der Waals surface area contributed by atoms with E-state index in [0.29, 0.717) is 0 Å². The first-order valence-corrected chi connectivity index (χ1v) is 2.61. The number of ketones is 1. The summed E-state index contributed by atoms with van der Waals surface area (Å²) in [4.78, 5) is 10.5. The molecule has 0 amide bonds. The molecule has 1 rings (SSSR count). The number of carbonyl (C=O) groups is 1. The molecule has 0 aromatic rings. The van der Waals surface area contributed by atoms with Crippen molar-refractivity contribution in [2.75, 3.05) is 0 Å². The van der Waals surface area contributed by atoms with Crippen LogP contribution in [0.5, 0.6) is 0 Å². The monoisotopic (exact) mass is 128 g/mol. The van der Waals surface area contributed by atoms with E-state index in [9.17, 15) is 4.79 Å². The van der Waals surface area contributed by atoms with Crippen molar-refractivity contribution in [2.24, 2.45) is 10.2 Å².